The second-order valence-corrected chi connectivity index (χ2v) is 16.1. The van der Waals surface area contributed by atoms with Gasteiger partial charge < -0.3 is 13.7 Å². The zero-order valence-electron chi connectivity index (χ0n) is 21.2. The molecule has 1 aromatic carbocycles. The summed E-state index contributed by atoms with van der Waals surface area (Å²) in [6.07, 6.45) is 2.73. The molecule has 4 nitrogen and oxygen atoms in total. The third-order valence-electron chi connectivity index (χ3n) is 6.49. The lowest BCUT2D eigenvalue weighted by Crippen LogP contribution is -2.41. The predicted molar refractivity (Wildman–Crippen MR) is 137 cm³/mol. The highest BCUT2D eigenvalue weighted by molar-refractivity contribution is 6.74. The Kier molecular flexibility index (Phi) is 7.20. The molecular formula is C27H40N2O2Si. The smallest absolute Gasteiger partial charge is 0.191 e. The van der Waals surface area contributed by atoms with Crippen molar-refractivity contribution in [2.75, 3.05) is 13.2 Å². The first-order valence-electron chi connectivity index (χ1n) is 11.7. The van der Waals surface area contributed by atoms with Gasteiger partial charge in [-0.05, 0) is 35.8 Å². The molecular weight excluding hydrogens is 412 g/mol. The number of benzene rings is 1. The second kappa shape index (κ2) is 9.40. The summed E-state index contributed by atoms with van der Waals surface area (Å²) in [5.41, 5.74) is 3.59. The first-order chi connectivity index (χ1) is 14.9. The maximum atomic E-state index is 6.26. The molecule has 3 rings (SSSR count). The number of aromatic nitrogens is 2. The van der Waals surface area contributed by atoms with Crippen LogP contribution in [0.5, 0.6) is 5.75 Å². The van der Waals surface area contributed by atoms with Crippen molar-refractivity contribution in [3.05, 3.63) is 59.9 Å². The molecule has 32 heavy (non-hydrogen) atoms. The van der Waals surface area contributed by atoms with Crippen molar-refractivity contribution in [3.8, 4) is 5.75 Å². The molecule has 2 aromatic heterocycles. The van der Waals surface area contributed by atoms with Crippen LogP contribution in [0.15, 0.2) is 48.7 Å². The molecule has 2 heterocycles. The van der Waals surface area contributed by atoms with Crippen LogP contribution in [-0.4, -0.2) is 31.1 Å². The van der Waals surface area contributed by atoms with Crippen LogP contribution in [-0.2, 0) is 16.4 Å². The lowest BCUT2D eigenvalue weighted by Gasteiger charge is -2.36. The average Bonchev–Trinajstić information content (AvgIpc) is 3.06. The standard InChI is InChI=1S/C27H40N2O2Si/c1-26(2,3)24-18-22-17-23(30-15-12-16-31-32(7,8)27(4,5)6)19-28-25(22)29(24)20-21-13-10-9-11-14-21/h9-11,13-14,17-19H,12,15-16,20H2,1-8H3. The lowest BCUT2D eigenvalue weighted by atomic mass is 9.92. The van der Waals surface area contributed by atoms with E-state index in [9.17, 15) is 0 Å². The van der Waals surface area contributed by atoms with E-state index in [2.05, 4.69) is 102 Å². The number of hydrogen-bond donors (Lipinski definition) is 0. The molecule has 5 heteroatoms. The van der Waals surface area contributed by atoms with Gasteiger partial charge in [0.05, 0.1) is 12.8 Å². The van der Waals surface area contributed by atoms with Gasteiger partial charge in [0, 0.05) is 36.1 Å². The van der Waals surface area contributed by atoms with Crippen molar-refractivity contribution in [2.24, 2.45) is 0 Å². The van der Waals surface area contributed by atoms with Crippen LogP contribution in [0.2, 0.25) is 18.1 Å². The Morgan fingerprint density at radius 2 is 1.62 bits per heavy atom. The highest BCUT2D eigenvalue weighted by Gasteiger charge is 2.36. The zero-order chi connectivity index (χ0) is 23.6. The number of pyridine rings is 1. The number of rotatable bonds is 8. The van der Waals surface area contributed by atoms with Gasteiger partial charge in [-0.1, -0.05) is 71.9 Å². The Bertz CT molecular complexity index is 1030. The van der Waals surface area contributed by atoms with Crippen LogP contribution in [0.4, 0.5) is 0 Å². The summed E-state index contributed by atoms with van der Waals surface area (Å²) in [6, 6.07) is 15.0. The van der Waals surface area contributed by atoms with E-state index in [-0.39, 0.29) is 10.5 Å². The van der Waals surface area contributed by atoms with E-state index in [0.717, 1.165) is 36.4 Å². The van der Waals surface area contributed by atoms with E-state index < -0.39 is 8.32 Å². The van der Waals surface area contributed by atoms with Gasteiger partial charge in [-0.2, -0.15) is 0 Å². The average molecular weight is 453 g/mol. The van der Waals surface area contributed by atoms with Gasteiger partial charge in [0.1, 0.15) is 11.4 Å². The number of hydrogen-bond acceptors (Lipinski definition) is 3. The van der Waals surface area contributed by atoms with E-state index in [4.69, 9.17) is 14.1 Å². The number of fused-ring (bicyclic) bond motifs is 1. The van der Waals surface area contributed by atoms with Crippen LogP contribution in [0.25, 0.3) is 11.0 Å². The lowest BCUT2D eigenvalue weighted by molar-refractivity contribution is 0.233. The summed E-state index contributed by atoms with van der Waals surface area (Å²) in [6.45, 7) is 20.3. The third kappa shape index (κ3) is 5.81. The molecule has 0 radical (unpaired) electrons. The highest BCUT2D eigenvalue weighted by Crippen LogP contribution is 2.36. The largest absolute Gasteiger partial charge is 0.492 e. The van der Waals surface area contributed by atoms with Crippen molar-refractivity contribution in [1.82, 2.24) is 9.55 Å². The van der Waals surface area contributed by atoms with Gasteiger partial charge in [0.2, 0.25) is 0 Å². The Balaban J connectivity index is 1.71. The van der Waals surface area contributed by atoms with Crippen LogP contribution in [0.3, 0.4) is 0 Å². The Morgan fingerprint density at radius 3 is 2.25 bits per heavy atom. The molecule has 0 bridgehead atoms. The van der Waals surface area contributed by atoms with Crippen LogP contribution in [0, 0.1) is 0 Å². The van der Waals surface area contributed by atoms with E-state index in [1.54, 1.807) is 0 Å². The van der Waals surface area contributed by atoms with Gasteiger partial charge in [0.15, 0.2) is 8.32 Å². The molecule has 0 aliphatic carbocycles. The van der Waals surface area contributed by atoms with Crippen molar-refractivity contribution in [1.29, 1.82) is 0 Å². The van der Waals surface area contributed by atoms with Crippen molar-refractivity contribution < 1.29 is 9.16 Å². The minimum absolute atomic E-state index is 0.0254. The minimum Gasteiger partial charge on any atom is -0.492 e. The minimum atomic E-state index is -1.69. The fourth-order valence-electron chi connectivity index (χ4n) is 3.54. The quantitative estimate of drug-likeness (QED) is 0.268. The topological polar surface area (TPSA) is 36.3 Å². The number of nitrogens with zero attached hydrogens (tertiary/aromatic N) is 2. The Labute approximate surface area is 195 Å². The van der Waals surface area contributed by atoms with Gasteiger partial charge in [-0.15, -0.1) is 0 Å². The fourth-order valence-corrected chi connectivity index (χ4v) is 4.63. The summed E-state index contributed by atoms with van der Waals surface area (Å²) in [7, 11) is -1.69. The van der Waals surface area contributed by atoms with Crippen LogP contribution in [0.1, 0.15) is 59.2 Å². The summed E-state index contributed by atoms with van der Waals surface area (Å²) in [5, 5.41) is 1.36. The molecule has 0 N–H and O–H groups in total. The van der Waals surface area contributed by atoms with Crippen molar-refractivity contribution in [3.63, 3.8) is 0 Å². The van der Waals surface area contributed by atoms with Gasteiger partial charge >= 0.3 is 0 Å². The Morgan fingerprint density at radius 1 is 0.938 bits per heavy atom. The van der Waals surface area contributed by atoms with E-state index >= 15 is 0 Å². The van der Waals surface area contributed by atoms with Crippen molar-refractivity contribution in [2.45, 2.75) is 78.1 Å². The van der Waals surface area contributed by atoms with Gasteiger partial charge in [-0.3, -0.25) is 0 Å². The molecule has 0 amide bonds. The van der Waals surface area contributed by atoms with Crippen molar-refractivity contribution >= 4 is 19.4 Å². The Hall–Kier alpha value is -2.11. The maximum Gasteiger partial charge on any atom is 0.191 e. The first-order valence-corrected chi connectivity index (χ1v) is 14.6. The molecule has 0 aliphatic rings. The van der Waals surface area contributed by atoms with Gasteiger partial charge in [0.25, 0.3) is 0 Å². The summed E-state index contributed by atoms with van der Waals surface area (Å²) in [5.74, 6) is 0.821. The molecule has 0 fully saturated rings. The monoisotopic (exact) mass is 452 g/mol. The van der Waals surface area contributed by atoms with Crippen LogP contribution >= 0.6 is 0 Å². The van der Waals surface area contributed by atoms with E-state index in [0.29, 0.717) is 6.61 Å². The third-order valence-corrected chi connectivity index (χ3v) is 11.0. The molecule has 0 spiro atoms. The van der Waals surface area contributed by atoms with Crippen LogP contribution < -0.4 is 4.74 Å². The molecule has 0 aliphatic heterocycles. The predicted octanol–water partition coefficient (Wildman–Crippen LogP) is 7.17. The van der Waals surface area contributed by atoms with Gasteiger partial charge in [-0.25, -0.2) is 4.98 Å². The summed E-state index contributed by atoms with van der Waals surface area (Å²) in [4.78, 5) is 4.80. The fraction of sp³-hybridized carbons (Fsp3) is 0.519. The molecule has 174 valence electrons. The first kappa shape index (κ1) is 24.5. The molecule has 0 saturated carbocycles. The van der Waals surface area contributed by atoms with E-state index in [1.807, 2.05) is 6.20 Å². The second-order valence-electron chi connectivity index (χ2n) is 11.2. The molecule has 0 unspecified atom stereocenters. The summed E-state index contributed by atoms with van der Waals surface area (Å²) < 4.78 is 14.6. The summed E-state index contributed by atoms with van der Waals surface area (Å²) >= 11 is 0. The molecule has 0 atom stereocenters. The maximum absolute atomic E-state index is 6.26. The van der Waals surface area contributed by atoms with E-state index in [1.165, 1.54) is 11.3 Å². The number of ether oxygens (including phenoxy) is 1. The SMILES string of the molecule is CC(C)(C)c1cc2cc(OCCCO[Si](C)(C)C(C)(C)C)cnc2n1Cc1ccccc1. The molecule has 3 aromatic rings. The highest BCUT2D eigenvalue weighted by atomic mass is 28.4. The zero-order valence-corrected chi connectivity index (χ0v) is 22.2. The normalized spacial score (nSPS) is 13.0. The molecule has 0 saturated heterocycles.